The lowest BCUT2D eigenvalue weighted by atomic mass is 9.87. The number of nitrogens with zero attached hydrogens (tertiary/aromatic N) is 2. The molecule has 2 aliphatic heterocycles. The fraction of sp³-hybridized carbons (Fsp3) is 0.500. The first-order valence-electron chi connectivity index (χ1n) is 13.3. The number of carbonyl (C=O) groups is 3. The number of carbonyl (C=O) groups excluding carboxylic acids is 2. The first kappa shape index (κ1) is 29.9. The first-order chi connectivity index (χ1) is 19.4. The number of allylic oxidation sites excluding steroid dienone is 1. The molecule has 3 heterocycles. The summed E-state index contributed by atoms with van der Waals surface area (Å²) >= 11 is 0. The van der Waals surface area contributed by atoms with Crippen molar-refractivity contribution in [3.63, 3.8) is 0 Å². The molecule has 0 radical (unpaired) electrons. The van der Waals surface area contributed by atoms with Gasteiger partial charge >= 0.3 is 18.2 Å². The lowest BCUT2D eigenvalue weighted by Gasteiger charge is -2.37. The number of unbranched alkanes of at least 4 members (excludes halogenated alkanes) is 3. The predicted molar refractivity (Wildman–Crippen MR) is 140 cm³/mol. The van der Waals surface area contributed by atoms with Crippen LogP contribution in [0.1, 0.15) is 56.2 Å². The van der Waals surface area contributed by atoms with Crippen LogP contribution in [0.25, 0.3) is 10.9 Å². The van der Waals surface area contributed by atoms with E-state index in [9.17, 15) is 37.8 Å². The number of amides is 2. The number of fused-ring (bicyclic) bond motifs is 3. The maximum Gasteiger partial charge on any atom is 0.437 e. The molecule has 3 N–H and O–H groups in total. The average molecular weight is 580 g/mol. The van der Waals surface area contributed by atoms with E-state index in [1.807, 2.05) is 0 Å². The van der Waals surface area contributed by atoms with Crippen molar-refractivity contribution in [3.8, 4) is 11.5 Å². The number of carboxylic acid groups (broad SMARTS) is 1. The average Bonchev–Trinajstić information content (AvgIpc) is 3.28. The van der Waals surface area contributed by atoms with Crippen molar-refractivity contribution in [2.75, 3.05) is 13.7 Å². The predicted octanol–water partition coefficient (Wildman–Crippen LogP) is 4.57. The van der Waals surface area contributed by atoms with E-state index < -0.39 is 53.3 Å². The highest BCUT2D eigenvalue weighted by Gasteiger charge is 2.54. The largest absolute Gasteiger partial charge is 0.508 e. The Morgan fingerprint density at radius 3 is 2.73 bits per heavy atom. The van der Waals surface area contributed by atoms with Gasteiger partial charge < -0.3 is 29.9 Å². The van der Waals surface area contributed by atoms with Gasteiger partial charge in [0.1, 0.15) is 23.4 Å². The summed E-state index contributed by atoms with van der Waals surface area (Å²) in [5.74, 6) is -2.13. The van der Waals surface area contributed by atoms with Gasteiger partial charge in [-0.25, -0.2) is 14.6 Å². The lowest BCUT2D eigenvalue weighted by molar-refractivity contribution is -0.151. The van der Waals surface area contributed by atoms with Gasteiger partial charge in [0.25, 0.3) is 0 Å². The van der Waals surface area contributed by atoms with Gasteiger partial charge in [-0.3, -0.25) is 4.79 Å². The maximum absolute atomic E-state index is 14.1. The number of esters is 1. The number of pyridine rings is 1. The van der Waals surface area contributed by atoms with Crippen molar-refractivity contribution < 1.29 is 47.2 Å². The number of halogens is 3. The minimum absolute atomic E-state index is 0.0414. The molecule has 1 spiro atoms. The zero-order valence-electron chi connectivity index (χ0n) is 22.5. The van der Waals surface area contributed by atoms with Gasteiger partial charge in [0, 0.05) is 17.4 Å². The Bertz CT molecular complexity index is 1350. The number of phenols is 1. The number of benzene rings is 1. The summed E-state index contributed by atoms with van der Waals surface area (Å²) in [5.41, 5.74) is -2.37. The molecule has 3 atom stereocenters. The van der Waals surface area contributed by atoms with Gasteiger partial charge in [0.2, 0.25) is 5.91 Å². The maximum atomic E-state index is 14.1. The molecule has 0 aliphatic carbocycles. The van der Waals surface area contributed by atoms with Crippen LogP contribution in [0.2, 0.25) is 0 Å². The van der Waals surface area contributed by atoms with Crippen LogP contribution >= 0.6 is 0 Å². The molecule has 2 aromatic rings. The number of hydrogen-bond donors (Lipinski definition) is 3. The molecule has 3 unspecified atom stereocenters. The van der Waals surface area contributed by atoms with E-state index in [0.29, 0.717) is 11.8 Å². The molecular weight excluding hydrogens is 547 g/mol. The minimum atomic E-state index is -4.87. The second kappa shape index (κ2) is 11.8. The molecule has 1 aromatic heterocycles. The van der Waals surface area contributed by atoms with E-state index in [1.165, 1.54) is 18.2 Å². The van der Waals surface area contributed by atoms with Gasteiger partial charge in [0.05, 0.1) is 19.2 Å². The highest BCUT2D eigenvalue weighted by Crippen LogP contribution is 2.48. The molecule has 1 aromatic carbocycles. The summed E-state index contributed by atoms with van der Waals surface area (Å²) in [7, 11) is 1.13. The SMILES string of the molecule is C=CCCCCCC(NC(=O)O)C(=O)N1CC2(CCc3c(c(C(F)(F)F)nc4ccc(O)cc34)O2)CC1C(=O)OC. The standard InChI is InChI=1S/C28H32F3N3O7/c1-3-4-5-6-7-8-20(33-26(38)39)24(36)34-15-27(14-21(34)25(37)40-2)12-11-17-18-13-16(35)9-10-19(18)32-23(22(17)41-27)28(29,30)31/h3,9-10,13,20-21,33,35H,1,4-8,11-12,14-15H2,2H3,(H,38,39). The number of aromatic nitrogens is 1. The Balaban J connectivity index is 1.68. The van der Waals surface area contributed by atoms with E-state index in [1.54, 1.807) is 6.08 Å². The van der Waals surface area contributed by atoms with Gasteiger partial charge in [-0.1, -0.05) is 18.9 Å². The summed E-state index contributed by atoms with van der Waals surface area (Å²) < 4.78 is 53.4. The topological polar surface area (TPSA) is 138 Å². The van der Waals surface area contributed by atoms with E-state index in [2.05, 4.69) is 16.9 Å². The molecule has 0 saturated carbocycles. The van der Waals surface area contributed by atoms with Crippen molar-refractivity contribution >= 4 is 28.9 Å². The van der Waals surface area contributed by atoms with E-state index >= 15 is 0 Å². The summed E-state index contributed by atoms with van der Waals surface area (Å²) in [6.45, 7) is 3.40. The second-order valence-electron chi connectivity index (χ2n) is 10.4. The van der Waals surface area contributed by atoms with E-state index in [4.69, 9.17) is 9.47 Å². The molecule has 222 valence electrons. The molecular formula is C28H32F3N3O7. The molecule has 1 fully saturated rings. The molecule has 4 rings (SSSR count). The van der Waals surface area contributed by atoms with Crippen molar-refractivity contribution in [1.29, 1.82) is 0 Å². The number of methoxy groups -OCH3 is 1. The Kier molecular flexibility index (Phi) is 8.64. The third-order valence-corrected chi connectivity index (χ3v) is 7.60. The minimum Gasteiger partial charge on any atom is -0.508 e. The smallest absolute Gasteiger partial charge is 0.437 e. The summed E-state index contributed by atoms with van der Waals surface area (Å²) in [6.07, 6.45) is -1.44. The first-order valence-corrected chi connectivity index (χ1v) is 13.3. The number of aromatic hydroxyl groups is 1. The zero-order chi connectivity index (χ0) is 29.9. The number of phenolic OH excluding ortho intramolecular Hbond substituents is 1. The number of likely N-dealkylation sites (tertiary alicyclic amines) is 1. The molecule has 13 heteroatoms. The third kappa shape index (κ3) is 6.33. The number of hydrogen-bond acceptors (Lipinski definition) is 7. The lowest BCUT2D eigenvalue weighted by Crippen LogP contribution is -2.52. The van der Waals surface area contributed by atoms with E-state index in [-0.39, 0.29) is 49.1 Å². The fourth-order valence-electron chi connectivity index (χ4n) is 5.67. The molecule has 2 aliphatic rings. The molecule has 1 saturated heterocycles. The molecule has 41 heavy (non-hydrogen) atoms. The van der Waals surface area contributed by atoms with Crippen LogP contribution in [0.3, 0.4) is 0 Å². The van der Waals surface area contributed by atoms with E-state index in [0.717, 1.165) is 31.3 Å². The molecule has 2 amide bonds. The highest BCUT2D eigenvalue weighted by molar-refractivity contribution is 5.91. The van der Waals surface area contributed by atoms with Crippen molar-refractivity contribution in [3.05, 3.63) is 42.1 Å². The number of aryl methyl sites for hydroxylation is 1. The van der Waals surface area contributed by atoms with Crippen LogP contribution in [0.4, 0.5) is 18.0 Å². The Labute approximate surface area is 234 Å². The second-order valence-corrected chi connectivity index (χ2v) is 10.4. The monoisotopic (exact) mass is 579 g/mol. The fourth-order valence-corrected chi connectivity index (χ4v) is 5.67. The van der Waals surface area contributed by atoms with Crippen LogP contribution in [-0.2, 0) is 26.9 Å². The summed E-state index contributed by atoms with van der Waals surface area (Å²) in [4.78, 5) is 42.8. The Morgan fingerprint density at radius 1 is 1.32 bits per heavy atom. The Hall–Kier alpha value is -4.03. The highest BCUT2D eigenvalue weighted by atomic mass is 19.4. The quantitative estimate of drug-likeness (QED) is 0.223. The number of alkyl halides is 3. The Morgan fingerprint density at radius 2 is 2.07 bits per heavy atom. The van der Waals surface area contributed by atoms with Crippen LogP contribution in [0.5, 0.6) is 11.5 Å². The number of ether oxygens (including phenoxy) is 2. The van der Waals surface area contributed by atoms with Gasteiger partial charge in [-0.15, -0.1) is 6.58 Å². The van der Waals surface area contributed by atoms with Gasteiger partial charge in [-0.2, -0.15) is 13.2 Å². The number of nitrogens with one attached hydrogen (secondary N) is 1. The molecule has 0 bridgehead atoms. The van der Waals surface area contributed by atoms with Crippen LogP contribution in [0, 0.1) is 0 Å². The normalized spacial score (nSPS) is 20.8. The molecule has 10 nitrogen and oxygen atoms in total. The van der Waals surface area contributed by atoms with Crippen LogP contribution in [0.15, 0.2) is 30.9 Å². The van der Waals surface area contributed by atoms with Crippen molar-refractivity contribution in [1.82, 2.24) is 15.2 Å². The summed E-state index contributed by atoms with van der Waals surface area (Å²) in [5, 5.41) is 21.8. The van der Waals surface area contributed by atoms with Crippen LogP contribution in [-0.4, -0.2) is 69.4 Å². The summed E-state index contributed by atoms with van der Waals surface area (Å²) in [6, 6.07) is 1.49. The third-order valence-electron chi connectivity index (χ3n) is 7.60. The van der Waals surface area contributed by atoms with Crippen molar-refractivity contribution in [2.24, 2.45) is 0 Å². The van der Waals surface area contributed by atoms with Gasteiger partial charge in [-0.05, 0) is 50.3 Å². The number of rotatable bonds is 9. The van der Waals surface area contributed by atoms with Crippen molar-refractivity contribution in [2.45, 2.75) is 75.2 Å². The van der Waals surface area contributed by atoms with Crippen LogP contribution < -0.4 is 10.1 Å². The van der Waals surface area contributed by atoms with Gasteiger partial charge in [0.15, 0.2) is 11.4 Å². The zero-order valence-corrected chi connectivity index (χ0v) is 22.5.